The molecular formula is C15H11ClN2O6. The summed E-state index contributed by atoms with van der Waals surface area (Å²) < 4.78 is 9.74. The lowest BCUT2D eigenvalue weighted by Crippen LogP contribution is -2.20. The van der Waals surface area contributed by atoms with Crippen LogP contribution in [0.15, 0.2) is 47.1 Å². The topological polar surface area (TPSA) is 112 Å². The summed E-state index contributed by atoms with van der Waals surface area (Å²) in [5.41, 5.74) is -0.0260. The van der Waals surface area contributed by atoms with Gasteiger partial charge < -0.3 is 14.5 Å². The summed E-state index contributed by atoms with van der Waals surface area (Å²) in [5.74, 6) is -0.893. The largest absolute Gasteiger partial charge is 0.465 e. The molecule has 0 saturated carbocycles. The maximum Gasteiger partial charge on any atom is 0.331 e. The van der Waals surface area contributed by atoms with Crippen molar-refractivity contribution in [2.24, 2.45) is 0 Å². The van der Waals surface area contributed by atoms with E-state index in [2.05, 4.69) is 5.32 Å². The second kappa shape index (κ2) is 7.93. The van der Waals surface area contributed by atoms with Crippen LogP contribution < -0.4 is 5.32 Å². The van der Waals surface area contributed by atoms with E-state index in [1.807, 2.05) is 0 Å². The molecule has 124 valence electrons. The molecule has 1 aromatic heterocycles. The molecule has 0 atom stereocenters. The standard InChI is InChI=1S/C15H11ClN2O6/c16-12-8-10(18(21)22)3-5-13(12)17-14(19)9-24-15(20)6-4-11-2-1-7-23-11/h1-8H,9H2,(H,17,19)/b6-4+. The van der Waals surface area contributed by atoms with E-state index < -0.39 is 23.4 Å². The summed E-state index contributed by atoms with van der Waals surface area (Å²) in [7, 11) is 0. The van der Waals surface area contributed by atoms with Crippen molar-refractivity contribution in [3.05, 3.63) is 63.6 Å². The number of nitro benzene ring substituents is 1. The van der Waals surface area contributed by atoms with Gasteiger partial charge >= 0.3 is 5.97 Å². The monoisotopic (exact) mass is 350 g/mol. The van der Waals surface area contributed by atoms with Crippen LogP contribution in [0.3, 0.4) is 0 Å². The predicted octanol–water partition coefficient (Wildman–Crippen LogP) is 3.04. The average molecular weight is 351 g/mol. The number of carbonyl (C=O) groups is 2. The van der Waals surface area contributed by atoms with Gasteiger partial charge in [-0.25, -0.2) is 4.79 Å². The molecule has 0 aliphatic rings. The molecule has 0 saturated heterocycles. The van der Waals surface area contributed by atoms with Crippen molar-refractivity contribution in [1.82, 2.24) is 0 Å². The number of carbonyl (C=O) groups excluding carboxylic acids is 2. The van der Waals surface area contributed by atoms with Gasteiger partial charge in [0.25, 0.3) is 11.6 Å². The molecule has 1 amide bonds. The van der Waals surface area contributed by atoms with Gasteiger partial charge in [-0.2, -0.15) is 0 Å². The number of hydrogen-bond acceptors (Lipinski definition) is 6. The second-order valence-electron chi connectivity index (χ2n) is 4.43. The first-order chi connectivity index (χ1) is 11.5. The number of anilines is 1. The fourth-order valence-electron chi connectivity index (χ4n) is 1.63. The Balaban J connectivity index is 1.85. The zero-order valence-corrected chi connectivity index (χ0v) is 12.9. The van der Waals surface area contributed by atoms with Crippen LogP contribution in [0.2, 0.25) is 5.02 Å². The summed E-state index contributed by atoms with van der Waals surface area (Å²) in [6.45, 7) is -0.533. The average Bonchev–Trinajstić information content (AvgIpc) is 3.06. The molecule has 0 radical (unpaired) electrons. The van der Waals surface area contributed by atoms with Gasteiger partial charge in [0.2, 0.25) is 0 Å². The van der Waals surface area contributed by atoms with Crippen LogP contribution in [0.4, 0.5) is 11.4 Å². The minimum Gasteiger partial charge on any atom is -0.465 e. The Hall–Kier alpha value is -3.13. The molecule has 0 fully saturated rings. The Morgan fingerprint density at radius 1 is 1.38 bits per heavy atom. The highest BCUT2D eigenvalue weighted by Gasteiger charge is 2.12. The Morgan fingerprint density at radius 2 is 2.17 bits per heavy atom. The number of ether oxygens (including phenoxy) is 1. The predicted molar refractivity (Wildman–Crippen MR) is 85.4 cm³/mol. The Labute approximate surface area is 140 Å². The molecule has 1 N–H and O–H groups in total. The smallest absolute Gasteiger partial charge is 0.331 e. The molecule has 2 aromatic rings. The van der Waals surface area contributed by atoms with Crippen molar-refractivity contribution >= 4 is 40.9 Å². The molecule has 0 spiro atoms. The third kappa shape index (κ3) is 4.96. The fraction of sp³-hybridized carbons (Fsp3) is 0.0667. The van der Waals surface area contributed by atoms with Crippen LogP contribution in [0.1, 0.15) is 5.76 Å². The van der Waals surface area contributed by atoms with E-state index in [1.54, 1.807) is 12.1 Å². The number of esters is 1. The number of hydrogen-bond donors (Lipinski definition) is 1. The molecule has 9 heteroatoms. The van der Waals surface area contributed by atoms with Gasteiger partial charge in [0.1, 0.15) is 5.76 Å². The van der Waals surface area contributed by atoms with Crippen molar-refractivity contribution in [3.8, 4) is 0 Å². The molecule has 0 aliphatic heterocycles. The molecule has 1 aromatic carbocycles. The van der Waals surface area contributed by atoms with Crippen LogP contribution in [0.5, 0.6) is 0 Å². The Bertz CT molecular complexity index is 785. The molecule has 0 aliphatic carbocycles. The van der Waals surface area contributed by atoms with Crippen LogP contribution in [-0.4, -0.2) is 23.4 Å². The lowest BCUT2D eigenvalue weighted by Gasteiger charge is -2.07. The highest BCUT2D eigenvalue weighted by atomic mass is 35.5. The molecule has 24 heavy (non-hydrogen) atoms. The lowest BCUT2D eigenvalue weighted by atomic mass is 10.3. The maximum absolute atomic E-state index is 11.7. The number of halogens is 1. The number of nitro groups is 1. The van der Waals surface area contributed by atoms with Crippen molar-refractivity contribution in [2.45, 2.75) is 0 Å². The van der Waals surface area contributed by atoms with E-state index in [4.69, 9.17) is 20.8 Å². The van der Waals surface area contributed by atoms with Gasteiger partial charge in [-0.05, 0) is 24.3 Å². The summed E-state index contributed by atoms with van der Waals surface area (Å²) >= 11 is 5.84. The lowest BCUT2D eigenvalue weighted by molar-refractivity contribution is -0.384. The van der Waals surface area contributed by atoms with Crippen LogP contribution in [0.25, 0.3) is 6.08 Å². The third-order valence-corrected chi connectivity index (χ3v) is 3.02. The van der Waals surface area contributed by atoms with E-state index in [1.165, 1.54) is 24.5 Å². The number of non-ortho nitro benzene ring substituents is 1. The fourth-order valence-corrected chi connectivity index (χ4v) is 1.85. The number of amides is 1. The van der Waals surface area contributed by atoms with Gasteiger partial charge in [-0.1, -0.05) is 11.6 Å². The molecule has 0 unspecified atom stereocenters. The maximum atomic E-state index is 11.7. The van der Waals surface area contributed by atoms with E-state index in [-0.39, 0.29) is 16.4 Å². The molecule has 8 nitrogen and oxygen atoms in total. The zero-order valence-electron chi connectivity index (χ0n) is 12.1. The highest BCUT2D eigenvalue weighted by Crippen LogP contribution is 2.26. The Morgan fingerprint density at radius 3 is 2.79 bits per heavy atom. The molecule has 1 heterocycles. The van der Waals surface area contributed by atoms with Crippen LogP contribution >= 0.6 is 11.6 Å². The highest BCUT2D eigenvalue weighted by molar-refractivity contribution is 6.34. The Kier molecular flexibility index (Phi) is 5.69. The van der Waals surface area contributed by atoms with Crippen LogP contribution in [-0.2, 0) is 14.3 Å². The van der Waals surface area contributed by atoms with E-state index >= 15 is 0 Å². The van der Waals surface area contributed by atoms with Crippen molar-refractivity contribution in [1.29, 1.82) is 0 Å². The van der Waals surface area contributed by atoms with Crippen LogP contribution in [0, 0.1) is 10.1 Å². The van der Waals surface area contributed by atoms with Gasteiger partial charge in [0.05, 0.1) is 21.9 Å². The van der Waals surface area contributed by atoms with E-state index in [0.717, 1.165) is 12.1 Å². The number of nitrogens with zero attached hydrogens (tertiary/aromatic N) is 1. The van der Waals surface area contributed by atoms with Gasteiger partial charge in [-0.3, -0.25) is 14.9 Å². The van der Waals surface area contributed by atoms with Crippen molar-refractivity contribution in [3.63, 3.8) is 0 Å². The van der Waals surface area contributed by atoms with Gasteiger partial charge in [0.15, 0.2) is 6.61 Å². The van der Waals surface area contributed by atoms with Crippen molar-refractivity contribution < 1.29 is 23.7 Å². The van der Waals surface area contributed by atoms with Gasteiger partial charge in [-0.15, -0.1) is 0 Å². The minimum absolute atomic E-state index is 0.00147. The molecule has 0 bridgehead atoms. The van der Waals surface area contributed by atoms with Crippen molar-refractivity contribution in [2.75, 3.05) is 11.9 Å². The first-order valence-electron chi connectivity index (χ1n) is 6.58. The van der Waals surface area contributed by atoms with E-state index in [0.29, 0.717) is 5.76 Å². The summed E-state index contributed by atoms with van der Waals surface area (Å²) in [4.78, 5) is 33.1. The quantitative estimate of drug-likeness (QED) is 0.371. The first-order valence-corrected chi connectivity index (χ1v) is 6.95. The summed E-state index contributed by atoms with van der Waals surface area (Å²) in [6.07, 6.45) is 3.96. The molecule has 2 rings (SSSR count). The first kappa shape index (κ1) is 17.2. The van der Waals surface area contributed by atoms with Gasteiger partial charge in [0, 0.05) is 18.2 Å². The minimum atomic E-state index is -0.726. The normalized spacial score (nSPS) is 10.5. The number of rotatable bonds is 6. The molecular weight excluding hydrogens is 340 g/mol. The van der Waals surface area contributed by atoms with E-state index in [9.17, 15) is 19.7 Å². The SMILES string of the molecule is O=C(COC(=O)/C=C/c1ccco1)Nc1ccc([N+](=O)[O-])cc1Cl. The third-order valence-electron chi connectivity index (χ3n) is 2.71. The zero-order chi connectivity index (χ0) is 17.5. The second-order valence-corrected chi connectivity index (χ2v) is 4.83. The summed E-state index contributed by atoms with van der Waals surface area (Å²) in [6, 6.07) is 6.89. The summed E-state index contributed by atoms with van der Waals surface area (Å²) in [5, 5.41) is 13.0. The number of nitrogens with one attached hydrogen (secondary N) is 1. The number of furan rings is 1. The number of benzene rings is 1.